The molecule has 0 radical (unpaired) electrons. The summed E-state index contributed by atoms with van der Waals surface area (Å²) in [6.07, 6.45) is 0.967. The third kappa shape index (κ3) is 6.08. The second kappa shape index (κ2) is 8.04. The van der Waals surface area contributed by atoms with Gasteiger partial charge in [0.05, 0.1) is 12.5 Å². The van der Waals surface area contributed by atoms with Crippen LogP contribution >= 0.6 is 0 Å². The van der Waals surface area contributed by atoms with Crippen LogP contribution in [0.4, 0.5) is 10.5 Å². The van der Waals surface area contributed by atoms with Gasteiger partial charge in [0.1, 0.15) is 5.75 Å². The van der Waals surface area contributed by atoms with Crippen LogP contribution in [-0.2, 0) is 4.79 Å². The number of carboxylic acid groups (broad SMARTS) is 1. The minimum atomic E-state index is -0.947. The van der Waals surface area contributed by atoms with Crippen molar-refractivity contribution in [1.29, 1.82) is 0 Å². The van der Waals surface area contributed by atoms with E-state index in [-0.39, 0.29) is 19.1 Å². The van der Waals surface area contributed by atoms with Crippen molar-refractivity contribution >= 4 is 17.7 Å². The van der Waals surface area contributed by atoms with Crippen molar-refractivity contribution in [1.82, 2.24) is 5.32 Å². The largest absolute Gasteiger partial charge is 0.491 e. The van der Waals surface area contributed by atoms with E-state index < -0.39 is 12.0 Å². The van der Waals surface area contributed by atoms with Crippen LogP contribution in [-0.4, -0.2) is 29.8 Å². The summed E-state index contributed by atoms with van der Waals surface area (Å²) >= 11 is 0. The van der Waals surface area contributed by atoms with Gasteiger partial charge in [0.2, 0.25) is 0 Å². The second-order valence-corrected chi connectivity index (χ2v) is 4.39. The van der Waals surface area contributed by atoms with Crippen LogP contribution in [0.15, 0.2) is 24.3 Å². The molecule has 1 aromatic rings. The Bertz CT molecular complexity index is 445. The summed E-state index contributed by atoms with van der Waals surface area (Å²) in [6.45, 7) is 4.13. The molecule has 0 heterocycles. The third-order valence-electron chi connectivity index (χ3n) is 2.65. The highest BCUT2D eigenvalue weighted by atomic mass is 16.5. The van der Waals surface area contributed by atoms with E-state index in [9.17, 15) is 9.59 Å². The van der Waals surface area contributed by atoms with Gasteiger partial charge in [-0.15, -0.1) is 0 Å². The third-order valence-corrected chi connectivity index (χ3v) is 2.65. The number of aliphatic carboxylic acids is 1. The van der Waals surface area contributed by atoms with Gasteiger partial charge in [-0.3, -0.25) is 4.79 Å². The number of hydrogen-bond donors (Lipinski definition) is 3. The molecule has 0 spiro atoms. The highest BCUT2D eigenvalue weighted by molar-refractivity contribution is 5.89. The summed E-state index contributed by atoms with van der Waals surface area (Å²) in [7, 11) is 0. The Kier molecular flexibility index (Phi) is 6.36. The van der Waals surface area contributed by atoms with Gasteiger partial charge in [0.25, 0.3) is 0 Å². The summed E-state index contributed by atoms with van der Waals surface area (Å²) < 4.78 is 5.62. The molecule has 6 nitrogen and oxygen atoms in total. The monoisotopic (exact) mass is 280 g/mol. The second-order valence-electron chi connectivity index (χ2n) is 4.39. The predicted molar refractivity (Wildman–Crippen MR) is 76.1 cm³/mol. The van der Waals surface area contributed by atoms with Crippen molar-refractivity contribution in [2.45, 2.75) is 32.8 Å². The van der Waals surface area contributed by atoms with Crippen LogP contribution in [0.25, 0.3) is 0 Å². The molecule has 1 unspecified atom stereocenters. The maximum Gasteiger partial charge on any atom is 0.319 e. The number of hydrogen-bond acceptors (Lipinski definition) is 3. The Morgan fingerprint density at radius 3 is 2.50 bits per heavy atom. The molecule has 6 heteroatoms. The van der Waals surface area contributed by atoms with Crippen molar-refractivity contribution in [2.24, 2.45) is 0 Å². The fourth-order valence-electron chi connectivity index (χ4n) is 1.39. The number of nitrogens with one attached hydrogen (secondary N) is 2. The quantitative estimate of drug-likeness (QED) is 0.716. The number of amides is 2. The molecule has 1 atom stereocenters. The summed E-state index contributed by atoms with van der Waals surface area (Å²) in [5.41, 5.74) is 0.620. The fourth-order valence-corrected chi connectivity index (χ4v) is 1.39. The minimum Gasteiger partial charge on any atom is -0.491 e. The number of urea groups is 1. The zero-order chi connectivity index (χ0) is 15.0. The first kappa shape index (κ1) is 15.8. The Hall–Kier alpha value is -2.24. The van der Waals surface area contributed by atoms with E-state index in [0.717, 1.165) is 12.2 Å². The lowest BCUT2D eigenvalue weighted by atomic mass is 10.3. The van der Waals surface area contributed by atoms with Crippen LogP contribution in [0.2, 0.25) is 0 Å². The molecule has 110 valence electrons. The van der Waals surface area contributed by atoms with Gasteiger partial charge in [-0.1, -0.05) is 6.92 Å². The van der Waals surface area contributed by atoms with Gasteiger partial charge >= 0.3 is 12.0 Å². The SMILES string of the molecule is CCC(C)Oc1ccc(NC(=O)NCCC(=O)O)cc1. The van der Waals surface area contributed by atoms with Crippen molar-refractivity contribution in [3.8, 4) is 5.75 Å². The number of carbonyl (C=O) groups excluding carboxylic acids is 1. The van der Waals surface area contributed by atoms with Crippen LogP contribution in [0.5, 0.6) is 5.75 Å². The molecule has 0 saturated heterocycles. The van der Waals surface area contributed by atoms with Crippen LogP contribution in [0.3, 0.4) is 0 Å². The van der Waals surface area contributed by atoms with Crippen molar-refractivity contribution in [3.63, 3.8) is 0 Å². The van der Waals surface area contributed by atoms with E-state index in [2.05, 4.69) is 10.6 Å². The molecule has 0 aliphatic carbocycles. The Morgan fingerprint density at radius 2 is 1.95 bits per heavy atom. The van der Waals surface area contributed by atoms with E-state index >= 15 is 0 Å². The van der Waals surface area contributed by atoms with Crippen LogP contribution in [0, 0.1) is 0 Å². The van der Waals surface area contributed by atoms with E-state index in [4.69, 9.17) is 9.84 Å². The lowest BCUT2D eigenvalue weighted by molar-refractivity contribution is -0.136. The van der Waals surface area contributed by atoms with Gasteiger partial charge in [-0.2, -0.15) is 0 Å². The Morgan fingerprint density at radius 1 is 1.30 bits per heavy atom. The van der Waals surface area contributed by atoms with E-state index in [1.807, 2.05) is 13.8 Å². The lowest BCUT2D eigenvalue weighted by Crippen LogP contribution is -2.30. The summed E-state index contributed by atoms with van der Waals surface area (Å²) in [6, 6.07) is 6.59. The maximum atomic E-state index is 11.5. The maximum absolute atomic E-state index is 11.5. The Labute approximate surface area is 118 Å². The first-order valence-corrected chi connectivity index (χ1v) is 6.54. The molecule has 3 N–H and O–H groups in total. The van der Waals surface area contributed by atoms with Gasteiger partial charge in [-0.25, -0.2) is 4.79 Å². The molecule has 0 aliphatic rings. The highest BCUT2D eigenvalue weighted by Gasteiger charge is 2.04. The standard InChI is InChI=1S/C14H20N2O4/c1-3-10(2)20-12-6-4-11(5-7-12)16-14(19)15-9-8-13(17)18/h4-7,10H,3,8-9H2,1-2H3,(H,17,18)(H2,15,16,19). The topological polar surface area (TPSA) is 87.7 Å². The normalized spacial score (nSPS) is 11.5. The molecule has 0 aliphatic heterocycles. The molecular weight excluding hydrogens is 260 g/mol. The average molecular weight is 280 g/mol. The average Bonchev–Trinajstić information content (AvgIpc) is 2.40. The number of carboxylic acids is 1. The molecule has 0 fully saturated rings. The fraction of sp³-hybridized carbons (Fsp3) is 0.429. The molecule has 0 bridgehead atoms. The number of rotatable bonds is 7. The number of anilines is 1. The Balaban J connectivity index is 2.40. The van der Waals surface area contributed by atoms with Crippen molar-refractivity contribution in [2.75, 3.05) is 11.9 Å². The van der Waals surface area contributed by atoms with E-state index in [0.29, 0.717) is 5.69 Å². The molecule has 0 saturated carbocycles. The molecule has 20 heavy (non-hydrogen) atoms. The van der Waals surface area contributed by atoms with Gasteiger partial charge in [0.15, 0.2) is 0 Å². The number of benzene rings is 1. The molecule has 2 amide bonds. The lowest BCUT2D eigenvalue weighted by Gasteiger charge is -2.13. The molecule has 0 aromatic heterocycles. The van der Waals surface area contributed by atoms with E-state index in [1.54, 1.807) is 24.3 Å². The first-order chi connectivity index (χ1) is 9.51. The molecular formula is C14H20N2O4. The number of ether oxygens (including phenoxy) is 1. The zero-order valence-electron chi connectivity index (χ0n) is 11.7. The summed E-state index contributed by atoms with van der Waals surface area (Å²) in [5.74, 6) is -0.201. The zero-order valence-corrected chi connectivity index (χ0v) is 11.7. The highest BCUT2D eigenvalue weighted by Crippen LogP contribution is 2.17. The number of carbonyl (C=O) groups is 2. The summed E-state index contributed by atoms with van der Waals surface area (Å²) in [4.78, 5) is 21.8. The van der Waals surface area contributed by atoms with Crippen molar-refractivity contribution < 1.29 is 19.4 Å². The molecule has 1 rings (SSSR count). The van der Waals surface area contributed by atoms with Crippen molar-refractivity contribution in [3.05, 3.63) is 24.3 Å². The first-order valence-electron chi connectivity index (χ1n) is 6.54. The van der Waals surface area contributed by atoms with Gasteiger partial charge in [-0.05, 0) is 37.6 Å². The van der Waals surface area contributed by atoms with E-state index in [1.165, 1.54) is 0 Å². The molecule has 1 aromatic carbocycles. The smallest absolute Gasteiger partial charge is 0.319 e. The minimum absolute atomic E-state index is 0.0936. The van der Waals surface area contributed by atoms with Crippen LogP contribution < -0.4 is 15.4 Å². The van der Waals surface area contributed by atoms with Gasteiger partial charge < -0.3 is 20.5 Å². The van der Waals surface area contributed by atoms with Gasteiger partial charge in [0, 0.05) is 12.2 Å². The van der Waals surface area contributed by atoms with Crippen LogP contribution in [0.1, 0.15) is 26.7 Å². The summed E-state index contributed by atoms with van der Waals surface area (Å²) in [5, 5.41) is 13.5. The predicted octanol–water partition coefficient (Wildman–Crippen LogP) is 2.46.